The predicted octanol–water partition coefficient (Wildman–Crippen LogP) is 3.57. The highest BCUT2D eigenvalue weighted by Gasteiger charge is 2.12. The number of hydrazone groups is 1. The van der Waals surface area contributed by atoms with Crippen LogP contribution in [-0.2, 0) is 6.42 Å². The first kappa shape index (κ1) is 16.6. The minimum Gasteiger partial charge on any atom is -0.267 e. The third-order valence-electron chi connectivity index (χ3n) is 3.19. The number of carbonyl (C=O) groups excluding carboxylic acids is 1. The molecule has 0 unspecified atom stereocenters. The second-order valence-corrected chi connectivity index (χ2v) is 5.08. The van der Waals surface area contributed by atoms with Gasteiger partial charge in [-0.15, -0.1) is 0 Å². The van der Waals surface area contributed by atoms with Crippen LogP contribution < -0.4 is 5.43 Å². The minimum atomic E-state index is -0.452. The van der Waals surface area contributed by atoms with E-state index in [0.29, 0.717) is 28.1 Å². The summed E-state index contributed by atoms with van der Waals surface area (Å²) in [4.78, 5) is 22.5. The standard InChI is InChI=1S/C16H14ClN3O3/c1-2-12-8-7-11(9-15(12)20(22)23)10-18-19-16(21)13-5-3-4-6-14(13)17/h3-10H,2H2,1H3,(H,19,21)/b18-10-. The molecular formula is C16H14ClN3O3. The van der Waals surface area contributed by atoms with Crippen molar-refractivity contribution in [3.05, 3.63) is 74.3 Å². The Hall–Kier alpha value is -2.73. The van der Waals surface area contributed by atoms with Crippen LogP contribution in [0.1, 0.15) is 28.4 Å². The van der Waals surface area contributed by atoms with Crippen molar-refractivity contribution in [3.8, 4) is 0 Å². The zero-order valence-corrected chi connectivity index (χ0v) is 13.1. The molecule has 1 amide bonds. The normalized spacial score (nSPS) is 10.7. The molecule has 2 aromatic carbocycles. The van der Waals surface area contributed by atoms with Gasteiger partial charge in [-0.3, -0.25) is 14.9 Å². The van der Waals surface area contributed by atoms with Gasteiger partial charge in [0.05, 0.1) is 21.7 Å². The van der Waals surface area contributed by atoms with Crippen LogP contribution in [0.5, 0.6) is 0 Å². The lowest BCUT2D eigenvalue weighted by Gasteiger charge is -2.02. The van der Waals surface area contributed by atoms with Crippen LogP contribution >= 0.6 is 11.6 Å². The monoisotopic (exact) mass is 331 g/mol. The molecule has 118 valence electrons. The van der Waals surface area contributed by atoms with E-state index in [1.807, 2.05) is 6.92 Å². The van der Waals surface area contributed by atoms with Crippen LogP contribution in [0.3, 0.4) is 0 Å². The summed E-state index contributed by atoms with van der Waals surface area (Å²) < 4.78 is 0. The maximum Gasteiger partial charge on any atom is 0.273 e. The van der Waals surface area contributed by atoms with E-state index >= 15 is 0 Å². The molecule has 0 saturated carbocycles. The summed E-state index contributed by atoms with van der Waals surface area (Å²) >= 11 is 5.92. The predicted molar refractivity (Wildman–Crippen MR) is 89.0 cm³/mol. The van der Waals surface area contributed by atoms with Gasteiger partial charge in [-0.25, -0.2) is 5.43 Å². The number of aryl methyl sites for hydroxylation is 1. The summed E-state index contributed by atoms with van der Waals surface area (Å²) in [7, 11) is 0. The van der Waals surface area contributed by atoms with E-state index in [4.69, 9.17) is 11.6 Å². The molecule has 0 saturated heterocycles. The van der Waals surface area contributed by atoms with Gasteiger partial charge in [-0.05, 0) is 18.6 Å². The van der Waals surface area contributed by atoms with E-state index < -0.39 is 10.8 Å². The first-order valence-corrected chi connectivity index (χ1v) is 7.26. The number of amides is 1. The van der Waals surface area contributed by atoms with Gasteiger partial charge in [0.25, 0.3) is 11.6 Å². The second-order valence-electron chi connectivity index (χ2n) is 4.68. The Morgan fingerprint density at radius 2 is 2.09 bits per heavy atom. The van der Waals surface area contributed by atoms with Crippen LogP contribution in [0, 0.1) is 10.1 Å². The molecule has 0 aliphatic carbocycles. The number of hydrogen-bond acceptors (Lipinski definition) is 4. The van der Waals surface area contributed by atoms with Crippen LogP contribution in [-0.4, -0.2) is 17.0 Å². The topological polar surface area (TPSA) is 84.6 Å². The van der Waals surface area contributed by atoms with Crippen molar-refractivity contribution in [1.29, 1.82) is 0 Å². The molecule has 0 heterocycles. The van der Waals surface area contributed by atoms with E-state index in [-0.39, 0.29) is 5.69 Å². The molecular weight excluding hydrogens is 318 g/mol. The highest BCUT2D eigenvalue weighted by atomic mass is 35.5. The van der Waals surface area contributed by atoms with Crippen LogP contribution in [0.25, 0.3) is 0 Å². The highest BCUT2D eigenvalue weighted by Crippen LogP contribution is 2.20. The summed E-state index contributed by atoms with van der Waals surface area (Å²) in [5.41, 5.74) is 3.85. The van der Waals surface area contributed by atoms with Crippen LogP contribution in [0.4, 0.5) is 5.69 Å². The van der Waals surface area contributed by atoms with Crippen LogP contribution in [0.2, 0.25) is 5.02 Å². The second kappa shape index (κ2) is 7.51. The Morgan fingerprint density at radius 1 is 1.35 bits per heavy atom. The van der Waals surface area contributed by atoms with Crippen molar-refractivity contribution in [3.63, 3.8) is 0 Å². The molecule has 0 aliphatic heterocycles. The minimum absolute atomic E-state index is 0.0360. The first-order valence-electron chi connectivity index (χ1n) is 6.88. The van der Waals surface area contributed by atoms with Gasteiger partial charge in [0.2, 0.25) is 0 Å². The number of nitrogens with zero attached hydrogens (tertiary/aromatic N) is 2. The Morgan fingerprint density at radius 3 is 2.74 bits per heavy atom. The van der Waals surface area contributed by atoms with Crippen molar-refractivity contribution in [2.24, 2.45) is 5.10 Å². The lowest BCUT2D eigenvalue weighted by molar-refractivity contribution is -0.385. The molecule has 0 aliphatic rings. The number of nitro groups is 1. The summed E-state index contributed by atoms with van der Waals surface area (Å²) in [5, 5.41) is 15.1. The largest absolute Gasteiger partial charge is 0.273 e. The van der Waals surface area contributed by atoms with E-state index in [2.05, 4.69) is 10.5 Å². The van der Waals surface area contributed by atoms with Gasteiger partial charge in [0.1, 0.15) is 0 Å². The molecule has 0 atom stereocenters. The molecule has 2 aromatic rings. The third-order valence-corrected chi connectivity index (χ3v) is 3.51. The van der Waals surface area contributed by atoms with Crippen molar-refractivity contribution < 1.29 is 9.72 Å². The smallest absolute Gasteiger partial charge is 0.267 e. The fourth-order valence-corrected chi connectivity index (χ4v) is 2.22. The lowest BCUT2D eigenvalue weighted by Crippen LogP contribution is -2.17. The number of carbonyl (C=O) groups is 1. The third kappa shape index (κ3) is 4.14. The lowest BCUT2D eigenvalue weighted by atomic mass is 10.1. The van der Waals surface area contributed by atoms with Crippen molar-refractivity contribution >= 4 is 29.4 Å². The quantitative estimate of drug-likeness (QED) is 0.516. The SMILES string of the molecule is CCc1ccc(/C=N\NC(=O)c2ccccc2Cl)cc1[N+](=O)[O-]. The number of rotatable bonds is 5. The number of nitro benzene ring substituents is 1. The van der Waals surface area contributed by atoms with Crippen molar-refractivity contribution in [2.75, 3.05) is 0 Å². The zero-order chi connectivity index (χ0) is 16.8. The molecule has 23 heavy (non-hydrogen) atoms. The van der Waals surface area contributed by atoms with Gasteiger partial charge in [-0.2, -0.15) is 5.10 Å². The van der Waals surface area contributed by atoms with E-state index in [1.54, 1.807) is 36.4 Å². The zero-order valence-electron chi connectivity index (χ0n) is 12.3. The maximum atomic E-state index is 11.9. The fraction of sp³-hybridized carbons (Fsp3) is 0.125. The molecule has 0 spiro atoms. The fourth-order valence-electron chi connectivity index (χ4n) is 2.00. The van der Waals surface area contributed by atoms with Gasteiger partial charge in [0.15, 0.2) is 0 Å². The Bertz CT molecular complexity index is 775. The number of halogens is 1. The Kier molecular flexibility index (Phi) is 5.43. The molecule has 0 aromatic heterocycles. The summed E-state index contributed by atoms with van der Waals surface area (Å²) in [6, 6.07) is 11.4. The number of nitrogens with one attached hydrogen (secondary N) is 1. The van der Waals surface area contributed by atoms with Crippen molar-refractivity contribution in [2.45, 2.75) is 13.3 Å². The summed E-state index contributed by atoms with van der Waals surface area (Å²) in [6.45, 7) is 1.85. The number of benzene rings is 2. The van der Waals surface area contributed by atoms with E-state index in [9.17, 15) is 14.9 Å². The maximum absolute atomic E-state index is 11.9. The summed E-state index contributed by atoms with van der Waals surface area (Å²) in [6.07, 6.45) is 1.91. The molecule has 6 nitrogen and oxygen atoms in total. The Labute approximate surface area is 137 Å². The molecule has 7 heteroatoms. The van der Waals surface area contributed by atoms with E-state index in [0.717, 1.165) is 0 Å². The van der Waals surface area contributed by atoms with Crippen molar-refractivity contribution in [1.82, 2.24) is 5.43 Å². The molecule has 1 N–H and O–H groups in total. The number of hydrogen-bond donors (Lipinski definition) is 1. The molecule has 0 fully saturated rings. The van der Waals surface area contributed by atoms with Gasteiger partial charge < -0.3 is 0 Å². The highest BCUT2D eigenvalue weighted by molar-refractivity contribution is 6.33. The van der Waals surface area contributed by atoms with Gasteiger partial charge in [-0.1, -0.05) is 42.8 Å². The first-order chi connectivity index (χ1) is 11.0. The summed E-state index contributed by atoms with van der Waals surface area (Å²) in [5.74, 6) is -0.452. The molecule has 0 bridgehead atoms. The molecule has 0 radical (unpaired) electrons. The van der Waals surface area contributed by atoms with Gasteiger partial charge >= 0.3 is 0 Å². The molecule has 2 rings (SSSR count). The van der Waals surface area contributed by atoms with Gasteiger partial charge in [0, 0.05) is 17.2 Å². The average molecular weight is 332 g/mol. The van der Waals surface area contributed by atoms with E-state index in [1.165, 1.54) is 12.3 Å². The van der Waals surface area contributed by atoms with Crippen LogP contribution in [0.15, 0.2) is 47.6 Å². The average Bonchev–Trinajstić information content (AvgIpc) is 2.55. The Balaban J connectivity index is 2.12.